The van der Waals surface area contributed by atoms with Crippen molar-refractivity contribution in [3.05, 3.63) is 52.4 Å². The number of nitrogens with one attached hydrogen (secondary N) is 1. The Morgan fingerprint density at radius 3 is 2.68 bits per heavy atom. The first-order valence-electron chi connectivity index (χ1n) is 5.57. The molecule has 2 rings (SSSR count). The molecule has 0 spiro atoms. The Morgan fingerprint density at radius 2 is 2.11 bits per heavy atom. The molecule has 19 heavy (non-hydrogen) atoms. The zero-order chi connectivity index (χ0) is 13.7. The van der Waals surface area contributed by atoms with Gasteiger partial charge in [-0.3, -0.25) is 4.79 Å². The Hall–Kier alpha value is -1.95. The average molecular weight is 322 g/mol. The van der Waals surface area contributed by atoms with E-state index in [-0.39, 0.29) is 5.91 Å². The molecule has 2 heterocycles. The van der Waals surface area contributed by atoms with Gasteiger partial charge in [0, 0.05) is 29.5 Å². The summed E-state index contributed by atoms with van der Waals surface area (Å²) in [4.78, 5) is 19.9. The lowest BCUT2D eigenvalue weighted by atomic mass is 10.2. The molecule has 2 aromatic rings. The van der Waals surface area contributed by atoms with E-state index in [1.165, 1.54) is 0 Å². The number of methoxy groups -OCH3 is 1. The number of carbonyl (C=O) groups excluding carboxylic acids is 1. The van der Waals surface area contributed by atoms with Gasteiger partial charge >= 0.3 is 0 Å². The smallest absolute Gasteiger partial charge is 0.270 e. The number of aromatic nitrogens is 2. The molecule has 0 aliphatic rings. The maximum atomic E-state index is 11.8. The van der Waals surface area contributed by atoms with Gasteiger partial charge in [-0.25, -0.2) is 9.97 Å². The Morgan fingerprint density at radius 1 is 1.26 bits per heavy atom. The number of pyridine rings is 2. The zero-order valence-electron chi connectivity index (χ0n) is 10.3. The maximum absolute atomic E-state index is 11.8. The van der Waals surface area contributed by atoms with E-state index in [4.69, 9.17) is 4.74 Å². The summed E-state index contributed by atoms with van der Waals surface area (Å²) >= 11 is 3.27. The van der Waals surface area contributed by atoms with Gasteiger partial charge in [0.15, 0.2) is 0 Å². The van der Waals surface area contributed by atoms with Gasteiger partial charge in [-0.2, -0.15) is 0 Å². The minimum atomic E-state index is -0.219. The maximum Gasteiger partial charge on any atom is 0.270 e. The van der Waals surface area contributed by atoms with Crippen LogP contribution in [0.15, 0.2) is 41.1 Å². The second-order valence-electron chi connectivity index (χ2n) is 3.75. The molecule has 0 saturated carbocycles. The predicted molar refractivity (Wildman–Crippen MR) is 73.9 cm³/mol. The number of nitrogens with zero attached hydrogens (tertiary/aromatic N) is 2. The van der Waals surface area contributed by atoms with Crippen LogP contribution < -0.4 is 10.1 Å². The number of rotatable bonds is 4. The molecule has 0 fully saturated rings. The minimum absolute atomic E-state index is 0.219. The number of ether oxygens (including phenoxy) is 1. The van der Waals surface area contributed by atoms with Crippen molar-refractivity contribution in [1.82, 2.24) is 15.3 Å². The van der Waals surface area contributed by atoms with Crippen LogP contribution in [0.1, 0.15) is 16.1 Å². The summed E-state index contributed by atoms with van der Waals surface area (Å²) in [7, 11) is 1.56. The molecule has 5 nitrogen and oxygen atoms in total. The molecular weight excluding hydrogens is 310 g/mol. The highest BCUT2D eigenvalue weighted by Gasteiger charge is 2.06. The van der Waals surface area contributed by atoms with E-state index in [9.17, 15) is 4.79 Å². The molecule has 0 aliphatic carbocycles. The molecule has 0 saturated heterocycles. The van der Waals surface area contributed by atoms with Crippen LogP contribution in [0.3, 0.4) is 0 Å². The summed E-state index contributed by atoms with van der Waals surface area (Å²) in [6, 6.07) is 7.03. The van der Waals surface area contributed by atoms with Crippen LogP contribution in [0.5, 0.6) is 5.88 Å². The van der Waals surface area contributed by atoms with Crippen molar-refractivity contribution >= 4 is 21.8 Å². The van der Waals surface area contributed by atoms with Gasteiger partial charge in [0.2, 0.25) is 5.88 Å². The van der Waals surface area contributed by atoms with E-state index in [1.54, 1.807) is 37.7 Å². The molecule has 0 unspecified atom stereocenters. The molecule has 1 amide bonds. The van der Waals surface area contributed by atoms with Crippen LogP contribution in [0.4, 0.5) is 0 Å². The SMILES string of the molecule is COc1ccc(CNC(=O)c2ccc(Br)cn2)cn1. The van der Waals surface area contributed by atoms with Gasteiger partial charge in [-0.05, 0) is 33.6 Å². The minimum Gasteiger partial charge on any atom is -0.481 e. The summed E-state index contributed by atoms with van der Waals surface area (Å²) in [6.45, 7) is 0.396. The summed E-state index contributed by atoms with van der Waals surface area (Å²) in [5.41, 5.74) is 1.27. The van der Waals surface area contributed by atoms with Crippen molar-refractivity contribution < 1.29 is 9.53 Å². The van der Waals surface area contributed by atoms with E-state index in [0.717, 1.165) is 10.0 Å². The molecule has 0 radical (unpaired) electrons. The fraction of sp³-hybridized carbons (Fsp3) is 0.154. The Kier molecular flexibility index (Phi) is 4.46. The summed E-state index contributed by atoms with van der Waals surface area (Å²) in [6.07, 6.45) is 3.25. The Bertz CT molecular complexity index is 555. The van der Waals surface area contributed by atoms with Gasteiger partial charge < -0.3 is 10.1 Å². The van der Waals surface area contributed by atoms with E-state index >= 15 is 0 Å². The lowest BCUT2D eigenvalue weighted by molar-refractivity contribution is 0.0946. The molecule has 2 aromatic heterocycles. The average Bonchev–Trinajstić information content (AvgIpc) is 2.46. The highest BCUT2D eigenvalue weighted by molar-refractivity contribution is 9.10. The van der Waals surface area contributed by atoms with E-state index in [1.807, 2.05) is 6.07 Å². The van der Waals surface area contributed by atoms with E-state index < -0.39 is 0 Å². The van der Waals surface area contributed by atoms with Crippen LogP contribution in [0.2, 0.25) is 0 Å². The van der Waals surface area contributed by atoms with Gasteiger partial charge in [0.05, 0.1) is 7.11 Å². The number of halogens is 1. The monoisotopic (exact) mass is 321 g/mol. The second-order valence-corrected chi connectivity index (χ2v) is 4.67. The van der Waals surface area contributed by atoms with Gasteiger partial charge in [-0.1, -0.05) is 6.07 Å². The van der Waals surface area contributed by atoms with Crippen molar-refractivity contribution in [3.63, 3.8) is 0 Å². The van der Waals surface area contributed by atoms with Crippen molar-refractivity contribution in [2.75, 3.05) is 7.11 Å². The summed E-state index contributed by atoms with van der Waals surface area (Å²) in [5.74, 6) is 0.327. The highest BCUT2D eigenvalue weighted by atomic mass is 79.9. The summed E-state index contributed by atoms with van der Waals surface area (Å²) < 4.78 is 5.80. The fourth-order valence-corrected chi connectivity index (χ4v) is 1.65. The first-order chi connectivity index (χ1) is 9.19. The third-order valence-corrected chi connectivity index (χ3v) is 2.89. The molecular formula is C13H12BrN3O2. The normalized spacial score (nSPS) is 10.0. The molecule has 6 heteroatoms. The molecule has 0 aromatic carbocycles. The molecule has 98 valence electrons. The van der Waals surface area contributed by atoms with E-state index in [2.05, 4.69) is 31.2 Å². The second kappa shape index (κ2) is 6.29. The lowest BCUT2D eigenvalue weighted by Gasteiger charge is -2.05. The molecule has 1 N–H and O–H groups in total. The number of amides is 1. The highest BCUT2D eigenvalue weighted by Crippen LogP contribution is 2.08. The van der Waals surface area contributed by atoms with Crippen LogP contribution in [0.25, 0.3) is 0 Å². The Labute approximate surface area is 119 Å². The van der Waals surface area contributed by atoms with Crippen LogP contribution in [-0.2, 0) is 6.54 Å². The van der Waals surface area contributed by atoms with Gasteiger partial charge in [0.25, 0.3) is 5.91 Å². The molecule has 0 aliphatic heterocycles. The number of hydrogen-bond acceptors (Lipinski definition) is 4. The quantitative estimate of drug-likeness (QED) is 0.937. The number of carbonyl (C=O) groups is 1. The topological polar surface area (TPSA) is 64.1 Å². The van der Waals surface area contributed by atoms with Crippen molar-refractivity contribution in [2.45, 2.75) is 6.54 Å². The largest absolute Gasteiger partial charge is 0.481 e. The van der Waals surface area contributed by atoms with Crippen molar-refractivity contribution in [3.8, 4) is 5.88 Å². The van der Waals surface area contributed by atoms with Crippen LogP contribution in [-0.4, -0.2) is 23.0 Å². The molecule has 0 bridgehead atoms. The van der Waals surface area contributed by atoms with E-state index in [0.29, 0.717) is 18.1 Å². The third-order valence-electron chi connectivity index (χ3n) is 2.42. The predicted octanol–water partition coefficient (Wildman–Crippen LogP) is 2.18. The van der Waals surface area contributed by atoms with Crippen molar-refractivity contribution in [1.29, 1.82) is 0 Å². The van der Waals surface area contributed by atoms with Gasteiger partial charge in [-0.15, -0.1) is 0 Å². The first-order valence-corrected chi connectivity index (χ1v) is 6.37. The van der Waals surface area contributed by atoms with Crippen LogP contribution in [0, 0.1) is 0 Å². The lowest BCUT2D eigenvalue weighted by Crippen LogP contribution is -2.23. The fourth-order valence-electron chi connectivity index (χ4n) is 1.42. The first kappa shape index (κ1) is 13.5. The standard InChI is InChI=1S/C13H12BrN3O2/c1-19-12-5-2-9(6-16-12)7-17-13(18)11-4-3-10(14)8-15-11/h2-6,8H,7H2,1H3,(H,17,18). The summed E-state index contributed by atoms with van der Waals surface area (Å²) in [5, 5.41) is 2.77. The molecule has 0 atom stereocenters. The van der Waals surface area contributed by atoms with Gasteiger partial charge in [0.1, 0.15) is 5.69 Å². The third kappa shape index (κ3) is 3.75. The van der Waals surface area contributed by atoms with Crippen molar-refractivity contribution in [2.24, 2.45) is 0 Å². The zero-order valence-corrected chi connectivity index (χ0v) is 11.8. The number of hydrogen-bond donors (Lipinski definition) is 1. The Balaban J connectivity index is 1.94. The van der Waals surface area contributed by atoms with Crippen LogP contribution >= 0.6 is 15.9 Å².